The topological polar surface area (TPSA) is 85.5 Å². The van der Waals surface area contributed by atoms with Crippen molar-refractivity contribution in [1.82, 2.24) is 29.5 Å². The zero-order valence-corrected chi connectivity index (χ0v) is 17.1. The Balaban J connectivity index is 1.47. The number of likely N-dealkylation sites (tertiary alicyclic amines) is 1. The molecule has 0 unspecified atom stereocenters. The molecule has 1 aliphatic heterocycles. The van der Waals surface area contributed by atoms with Gasteiger partial charge < -0.3 is 9.64 Å². The Hall–Kier alpha value is -3.03. The van der Waals surface area contributed by atoms with Gasteiger partial charge in [0.1, 0.15) is 5.60 Å². The number of hydrogen-bond acceptors (Lipinski definition) is 6. The molecule has 1 aliphatic rings. The Morgan fingerprint density at radius 1 is 1.21 bits per heavy atom. The van der Waals surface area contributed by atoms with Crippen LogP contribution < -0.4 is 0 Å². The number of nitrogens with zero attached hydrogens (tertiary/aromatic N) is 6. The number of ether oxygens (including phenoxy) is 1. The van der Waals surface area contributed by atoms with E-state index in [2.05, 4.69) is 15.1 Å². The zero-order valence-electron chi connectivity index (χ0n) is 17.1. The van der Waals surface area contributed by atoms with Gasteiger partial charge in [0.25, 0.3) is 0 Å². The third-order valence-corrected chi connectivity index (χ3v) is 4.95. The molecule has 8 nitrogen and oxygen atoms in total. The van der Waals surface area contributed by atoms with Gasteiger partial charge in [-0.05, 0) is 46.0 Å². The van der Waals surface area contributed by atoms with Gasteiger partial charge in [-0.1, -0.05) is 0 Å². The van der Waals surface area contributed by atoms with Gasteiger partial charge in [0.2, 0.25) is 0 Å². The summed E-state index contributed by atoms with van der Waals surface area (Å²) in [7, 11) is 0. The Kier molecular flexibility index (Phi) is 5.17. The molecule has 0 spiro atoms. The lowest BCUT2D eigenvalue weighted by Crippen LogP contribution is -2.43. The van der Waals surface area contributed by atoms with Gasteiger partial charge >= 0.3 is 6.09 Å². The van der Waals surface area contributed by atoms with Crippen LogP contribution in [0, 0.1) is 5.92 Å². The molecule has 0 radical (unpaired) electrons. The third kappa shape index (κ3) is 4.52. The Morgan fingerprint density at radius 2 is 2.07 bits per heavy atom. The number of carbonyl (C=O) groups excluding carboxylic acids is 1. The predicted octanol–water partition coefficient (Wildman–Crippen LogP) is 3.38. The molecule has 1 amide bonds. The highest BCUT2D eigenvalue weighted by Gasteiger charge is 2.28. The molecule has 0 aromatic carbocycles. The van der Waals surface area contributed by atoms with E-state index < -0.39 is 5.60 Å². The van der Waals surface area contributed by atoms with E-state index in [4.69, 9.17) is 9.72 Å². The Labute approximate surface area is 169 Å². The fraction of sp³-hybridized carbons (Fsp3) is 0.476. The number of fused-ring (bicyclic) bond motifs is 1. The van der Waals surface area contributed by atoms with E-state index in [9.17, 15) is 4.79 Å². The quantitative estimate of drug-likeness (QED) is 0.677. The SMILES string of the molecule is CC(C)(C)OC(=O)N1CCC[C@@H](Cc2cncc(-c3cnn4ccncc34)n2)C1. The lowest BCUT2D eigenvalue weighted by atomic mass is 9.93. The maximum Gasteiger partial charge on any atom is 0.410 e. The van der Waals surface area contributed by atoms with Crippen LogP contribution in [0.2, 0.25) is 0 Å². The molecule has 1 atom stereocenters. The summed E-state index contributed by atoms with van der Waals surface area (Å²) in [6.45, 7) is 7.10. The molecule has 4 heterocycles. The van der Waals surface area contributed by atoms with Crippen molar-refractivity contribution in [3.8, 4) is 11.3 Å². The lowest BCUT2D eigenvalue weighted by molar-refractivity contribution is 0.0165. The minimum absolute atomic E-state index is 0.235. The van der Waals surface area contributed by atoms with Gasteiger partial charge in [0.05, 0.1) is 35.5 Å². The van der Waals surface area contributed by atoms with Gasteiger partial charge in [-0.15, -0.1) is 0 Å². The number of aromatic nitrogens is 5. The van der Waals surface area contributed by atoms with Crippen LogP contribution in [0.4, 0.5) is 4.79 Å². The van der Waals surface area contributed by atoms with Crippen molar-refractivity contribution in [2.24, 2.45) is 5.92 Å². The highest BCUT2D eigenvalue weighted by Crippen LogP contribution is 2.25. The molecule has 1 fully saturated rings. The van der Waals surface area contributed by atoms with E-state index in [0.717, 1.165) is 48.3 Å². The molecule has 0 aliphatic carbocycles. The first-order valence-corrected chi connectivity index (χ1v) is 9.95. The second-order valence-corrected chi connectivity index (χ2v) is 8.50. The summed E-state index contributed by atoms with van der Waals surface area (Å²) in [5.41, 5.74) is 3.03. The van der Waals surface area contributed by atoms with Gasteiger partial charge in [0.15, 0.2) is 0 Å². The lowest BCUT2D eigenvalue weighted by Gasteiger charge is -2.34. The van der Waals surface area contributed by atoms with Gasteiger partial charge in [-0.2, -0.15) is 5.10 Å². The fourth-order valence-electron chi connectivity index (χ4n) is 3.69. The van der Waals surface area contributed by atoms with Gasteiger partial charge in [-0.3, -0.25) is 9.97 Å². The van der Waals surface area contributed by atoms with Crippen molar-refractivity contribution >= 4 is 11.6 Å². The minimum Gasteiger partial charge on any atom is -0.444 e. The van der Waals surface area contributed by atoms with Crippen LogP contribution in [-0.4, -0.2) is 54.2 Å². The van der Waals surface area contributed by atoms with Crippen LogP contribution in [0.5, 0.6) is 0 Å². The molecule has 0 N–H and O–H groups in total. The highest BCUT2D eigenvalue weighted by molar-refractivity contribution is 5.76. The van der Waals surface area contributed by atoms with Crippen LogP contribution in [0.3, 0.4) is 0 Å². The first-order chi connectivity index (χ1) is 13.9. The van der Waals surface area contributed by atoms with Crippen molar-refractivity contribution in [3.63, 3.8) is 0 Å². The van der Waals surface area contributed by atoms with E-state index in [1.165, 1.54) is 0 Å². The van der Waals surface area contributed by atoms with E-state index in [1.54, 1.807) is 35.5 Å². The highest BCUT2D eigenvalue weighted by atomic mass is 16.6. The predicted molar refractivity (Wildman–Crippen MR) is 108 cm³/mol. The first-order valence-electron chi connectivity index (χ1n) is 9.95. The Bertz CT molecular complexity index is 1010. The van der Waals surface area contributed by atoms with Gasteiger partial charge in [0, 0.05) is 37.2 Å². The van der Waals surface area contributed by atoms with Crippen LogP contribution in [0.15, 0.2) is 37.2 Å². The number of rotatable bonds is 3. The zero-order chi connectivity index (χ0) is 20.4. The molecular formula is C21H26N6O2. The average molecular weight is 394 g/mol. The second-order valence-electron chi connectivity index (χ2n) is 8.50. The summed E-state index contributed by atoms with van der Waals surface area (Å²) in [5, 5.41) is 4.35. The molecule has 152 valence electrons. The number of carbonyl (C=O) groups is 1. The minimum atomic E-state index is -0.479. The molecule has 0 saturated carbocycles. The summed E-state index contributed by atoms with van der Waals surface area (Å²) >= 11 is 0. The molecule has 3 aromatic rings. The summed E-state index contributed by atoms with van der Waals surface area (Å²) in [6, 6.07) is 0. The molecule has 3 aromatic heterocycles. The maximum atomic E-state index is 12.4. The molecular weight excluding hydrogens is 368 g/mol. The van der Waals surface area contributed by atoms with Crippen molar-refractivity contribution < 1.29 is 9.53 Å². The van der Waals surface area contributed by atoms with Gasteiger partial charge in [-0.25, -0.2) is 14.3 Å². The van der Waals surface area contributed by atoms with Crippen LogP contribution in [-0.2, 0) is 11.2 Å². The van der Waals surface area contributed by atoms with Crippen molar-refractivity contribution in [2.75, 3.05) is 13.1 Å². The normalized spacial score (nSPS) is 17.5. The first kappa shape index (κ1) is 19.3. The van der Waals surface area contributed by atoms with E-state index >= 15 is 0 Å². The number of piperidine rings is 1. The molecule has 8 heteroatoms. The standard InChI is InChI=1S/C21H26N6O2/c1-21(2,3)29-20(28)26-7-4-5-15(14-26)9-16-10-23-12-18(25-16)17-11-24-27-8-6-22-13-19(17)27/h6,8,10-13,15H,4-5,7,9,14H2,1-3H3/t15-/m0/s1. The van der Waals surface area contributed by atoms with Crippen molar-refractivity contribution in [1.29, 1.82) is 0 Å². The van der Waals surface area contributed by atoms with Crippen molar-refractivity contribution in [2.45, 2.75) is 45.6 Å². The number of hydrogen-bond donors (Lipinski definition) is 0. The third-order valence-electron chi connectivity index (χ3n) is 4.95. The summed E-state index contributed by atoms with van der Waals surface area (Å²) in [5.74, 6) is 0.339. The van der Waals surface area contributed by atoms with E-state index in [-0.39, 0.29) is 6.09 Å². The Morgan fingerprint density at radius 3 is 2.90 bits per heavy atom. The summed E-state index contributed by atoms with van der Waals surface area (Å²) < 4.78 is 7.30. The molecule has 29 heavy (non-hydrogen) atoms. The summed E-state index contributed by atoms with van der Waals surface area (Å²) in [4.78, 5) is 27.6. The van der Waals surface area contributed by atoms with E-state index in [1.807, 2.05) is 31.9 Å². The van der Waals surface area contributed by atoms with E-state index in [0.29, 0.717) is 12.5 Å². The molecule has 4 rings (SSSR count). The summed E-state index contributed by atoms with van der Waals surface area (Å²) in [6.07, 6.45) is 13.2. The second kappa shape index (κ2) is 7.77. The average Bonchev–Trinajstić information content (AvgIpc) is 3.11. The maximum absolute atomic E-state index is 12.4. The van der Waals surface area contributed by atoms with Crippen molar-refractivity contribution in [3.05, 3.63) is 42.9 Å². The fourth-order valence-corrected chi connectivity index (χ4v) is 3.69. The van der Waals surface area contributed by atoms with Crippen LogP contribution in [0.25, 0.3) is 16.8 Å². The molecule has 0 bridgehead atoms. The van der Waals surface area contributed by atoms with Crippen LogP contribution in [0.1, 0.15) is 39.3 Å². The molecule has 1 saturated heterocycles. The van der Waals surface area contributed by atoms with Crippen LogP contribution >= 0.6 is 0 Å². The smallest absolute Gasteiger partial charge is 0.410 e. The monoisotopic (exact) mass is 394 g/mol. The largest absolute Gasteiger partial charge is 0.444 e. The number of amides is 1.